The monoisotopic (exact) mass is 335 g/mol. The summed E-state index contributed by atoms with van der Waals surface area (Å²) in [6, 6.07) is 18.4. The maximum atomic E-state index is 11.1. The largest absolute Gasteiger partial charge is 0.497 e. The molecule has 0 aliphatic carbocycles. The van der Waals surface area contributed by atoms with Gasteiger partial charge in [-0.05, 0) is 42.5 Å². The average Bonchev–Trinajstić information content (AvgIpc) is 3.14. The maximum Gasteiger partial charge on any atom is 0.170 e. The lowest BCUT2D eigenvalue weighted by atomic mass is 10.1. The summed E-state index contributed by atoms with van der Waals surface area (Å²) in [6.07, 6.45) is 0.715. The highest BCUT2D eigenvalue weighted by Gasteiger charge is 2.11. The van der Waals surface area contributed by atoms with E-state index in [1.807, 2.05) is 36.4 Å². The fourth-order valence-electron chi connectivity index (χ4n) is 2.30. The van der Waals surface area contributed by atoms with Crippen LogP contribution in [0.4, 0.5) is 0 Å². The molecule has 1 heterocycles. The topological polar surface area (TPSA) is 88.1 Å². The molecule has 126 valence electrons. The van der Waals surface area contributed by atoms with Crippen molar-refractivity contribution in [3.05, 3.63) is 65.9 Å². The van der Waals surface area contributed by atoms with E-state index in [2.05, 4.69) is 11.2 Å². The van der Waals surface area contributed by atoms with Gasteiger partial charge in [-0.1, -0.05) is 12.1 Å². The molecule has 0 atom stereocenters. The number of aliphatic hydroxyl groups excluding tert-OH is 1. The second kappa shape index (κ2) is 8.43. The number of rotatable bonds is 4. The zero-order valence-corrected chi connectivity index (χ0v) is 13.9. The van der Waals surface area contributed by atoms with Gasteiger partial charge in [0.25, 0.3) is 0 Å². The second-order valence-electron chi connectivity index (χ2n) is 4.87. The van der Waals surface area contributed by atoms with Gasteiger partial charge in [0.15, 0.2) is 6.29 Å². The third-order valence-electron chi connectivity index (χ3n) is 3.48. The lowest BCUT2D eigenvalue weighted by Crippen LogP contribution is -1.99. The van der Waals surface area contributed by atoms with Gasteiger partial charge in [-0.15, -0.1) is 0 Å². The van der Waals surface area contributed by atoms with Crippen molar-refractivity contribution in [3.8, 4) is 28.8 Å². The number of benzene rings is 2. The third kappa shape index (κ3) is 3.91. The first-order chi connectivity index (χ1) is 12.2. The van der Waals surface area contributed by atoms with Crippen molar-refractivity contribution in [2.24, 2.45) is 0 Å². The quantitative estimate of drug-likeness (QED) is 0.741. The van der Waals surface area contributed by atoms with Crippen molar-refractivity contribution in [2.75, 3.05) is 14.2 Å². The Morgan fingerprint density at radius 3 is 2.28 bits per heavy atom. The molecule has 3 rings (SSSR count). The molecule has 0 radical (unpaired) electrons. The Bertz CT molecular complexity index is 876. The average molecular weight is 335 g/mol. The van der Waals surface area contributed by atoms with E-state index in [0.29, 0.717) is 17.5 Å². The fraction of sp³-hybridized carbons (Fsp3) is 0.105. The number of carbonyl (C=O) groups is 1. The zero-order chi connectivity index (χ0) is 18.2. The van der Waals surface area contributed by atoms with Crippen LogP contribution in [0, 0.1) is 11.3 Å². The molecule has 1 aromatic heterocycles. The van der Waals surface area contributed by atoms with Gasteiger partial charge >= 0.3 is 0 Å². The summed E-state index contributed by atoms with van der Waals surface area (Å²) in [5, 5.41) is 20.2. The van der Waals surface area contributed by atoms with E-state index in [-0.39, 0.29) is 0 Å². The smallest absolute Gasteiger partial charge is 0.170 e. The molecule has 0 bridgehead atoms. The highest BCUT2D eigenvalue weighted by atomic mass is 16.5. The summed E-state index contributed by atoms with van der Waals surface area (Å²) in [7, 11) is 2.61. The van der Waals surface area contributed by atoms with Crippen LogP contribution in [0.1, 0.15) is 16.1 Å². The van der Waals surface area contributed by atoms with Crippen LogP contribution in [-0.4, -0.2) is 35.4 Å². The number of aldehydes is 1. The zero-order valence-electron chi connectivity index (χ0n) is 13.9. The number of nitriles is 1. The van der Waals surface area contributed by atoms with Crippen molar-refractivity contribution in [1.29, 1.82) is 5.26 Å². The Labute approximate surface area is 145 Å². The van der Waals surface area contributed by atoms with Crippen molar-refractivity contribution in [2.45, 2.75) is 0 Å². The van der Waals surface area contributed by atoms with E-state index in [0.717, 1.165) is 29.8 Å². The number of ether oxygens (including phenoxy) is 1. The Hall–Kier alpha value is -3.43. The van der Waals surface area contributed by atoms with Gasteiger partial charge in [-0.2, -0.15) is 10.4 Å². The lowest BCUT2D eigenvalue weighted by Gasteiger charge is -2.08. The summed E-state index contributed by atoms with van der Waals surface area (Å²) < 4.78 is 6.85. The predicted molar refractivity (Wildman–Crippen MR) is 93.8 cm³/mol. The van der Waals surface area contributed by atoms with Gasteiger partial charge < -0.3 is 9.84 Å². The van der Waals surface area contributed by atoms with Crippen LogP contribution in [0.15, 0.2) is 54.6 Å². The molecule has 6 heteroatoms. The molecule has 0 amide bonds. The summed E-state index contributed by atoms with van der Waals surface area (Å²) in [6.45, 7) is 0. The molecule has 2 aromatic carbocycles. The Kier molecular flexibility index (Phi) is 6.04. The summed E-state index contributed by atoms with van der Waals surface area (Å²) >= 11 is 0. The lowest BCUT2D eigenvalue weighted by molar-refractivity contribution is 0.111. The molecule has 0 saturated carbocycles. The van der Waals surface area contributed by atoms with E-state index in [9.17, 15) is 4.79 Å². The Balaban J connectivity index is 0.00000109. The van der Waals surface area contributed by atoms with Crippen LogP contribution in [0.2, 0.25) is 0 Å². The molecule has 3 aromatic rings. The van der Waals surface area contributed by atoms with Gasteiger partial charge in [0.05, 0.1) is 30.1 Å². The van der Waals surface area contributed by atoms with Crippen LogP contribution >= 0.6 is 0 Å². The summed E-state index contributed by atoms with van der Waals surface area (Å²) in [5.74, 6) is 0.747. The summed E-state index contributed by atoms with van der Waals surface area (Å²) in [5.41, 5.74) is 3.40. The van der Waals surface area contributed by atoms with E-state index in [1.165, 1.54) is 0 Å². The molecule has 0 saturated heterocycles. The molecular formula is C19H17N3O3. The van der Waals surface area contributed by atoms with Crippen molar-refractivity contribution >= 4 is 6.29 Å². The first-order valence-electron chi connectivity index (χ1n) is 7.40. The first-order valence-corrected chi connectivity index (χ1v) is 7.40. The number of hydrogen-bond donors (Lipinski definition) is 1. The van der Waals surface area contributed by atoms with Gasteiger partial charge in [0.2, 0.25) is 0 Å². The van der Waals surface area contributed by atoms with Gasteiger partial charge in [0, 0.05) is 12.7 Å². The number of methoxy groups -OCH3 is 1. The van der Waals surface area contributed by atoms with Crippen LogP contribution in [0.3, 0.4) is 0 Å². The van der Waals surface area contributed by atoms with Crippen LogP contribution in [0.5, 0.6) is 5.75 Å². The van der Waals surface area contributed by atoms with Crippen LogP contribution in [0.25, 0.3) is 16.9 Å². The first kappa shape index (κ1) is 17.9. The van der Waals surface area contributed by atoms with Crippen molar-refractivity contribution in [3.63, 3.8) is 0 Å². The molecule has 0 spiro atoms. The van der Waals surface area contributed by atoms with E-state index >= 15 is 0 Å². The van der Waals surface area contributed by atoms with Gasteiger partial charge in [-0.3, -0.25) is 4.79 Å². The van der Waals surface area contributed by atoms with Crippen molar-refractivity contribution in [1.82, 2.24) is 9.78 Å². The second-order valence-corrected chi connectivity index (χ2v) is 4.87. The van der Waals surface area contributed by atoms with Gasteiger partial charge in [0.1, 0.15) is 11.4 Å². The molecule has 1 N–H and O–H groups in total. The molecule has 0 fully saturated rings. The minimum absolute atomic E-state index is 0.347. The predicted octanol–water partition coefficient (Wildman–Crippen LogP) is 2.84. The molecular weight excluding hydrogens is 318 g/mol. The van der Waals surface area contributed by atoms with Crippen LogP contribution < -0.4 is 4.74 Å². The van der Waals surface area contributed by atoms with Crippen molar-refractivity contribution < 1.29 is 14.6 Å². The van der Waals surface area contributed by atoms with Gasteiger partial charge in [-0.25, -0.2) is 4.68 Å². The minimum atomic E-state index is 0.347. The highest BCUT2D eigenvalue weighted by Crippen LogP contribution is 2.25. The number of hydrogen-bond acceptors (Lipinski definition) is 5. The minimum Gasteiger partial charge on any atom is -0.497 e. The van der Waals surface area contributed by atoms with E-state index in [4.69, 9.17) is 15.1 Å². The number of carbonyl (C=O) groups excluding carboxylic acids is 1. The molecule has 0 unspecified atom stereocenters. The Morgan fingerprint density at radius 1 is 1.12 bits per heavy atom. The molecule has 0 aliphatic heterocycles. The third-order valence-corrected chi connectivity index (χ3v) is 3.48. The maximum absolute atomic E-state index is 11.1. The normalized spacial score (nSPS) is 9.52. The summed E-state index contributed by atoms with van der Waals surface area (Å²) in [4.78, 5) is 11.1. The number of nitrogens with zero attached hydrogens (tertiary/aromatic N) is 3. The molecule has 0 aliphatic rings. The highest BCUT2D eigenvalue weighted by molar-refractivity contribution is 5.76. The van der Waals surface area contributed by atoms with E-state index < -0.39 is 0 Å². The molecule has 6 nitrogen and oxygen atoms in total. The van der Waals surface area contributed by atoms with Crippen LogP contribution in [-0.2, 0) is 0 Å². The number of aliphatic hydroxyl groups is 1. The standard InChI is InChI=1S/C18H13N3O2.CH4O/c1-23-17-8-6-16(7-9-17)21-18(10-15(12-22)20-21)14-4-2-13(11-19)3-5-14;1-2/h2-10,12H,1H3;2H,1H3. The molecule has 25 heavy (non-hydrogen) atoms. The fourth-order valence-corrected chi connectivity index (χ4v) is 2.30. The SMILES string of the molecule is CO.COc1ccc(-n2nc(C=O)cc2-c2ccc(C#N)cc2)cc1. The van der Waals surface area contributed by atoms with E-state index in [1.54, 1.807) is 30.0 Å². The number of aromatic nitrogens is 2. The Morgan fingerprint density at radius 2 is 1.76 bits per heavy atom.